The third-order valence-corrected chi connectivity index (χ3v) is 5.71. The van der Waals surface area contributed by atoms with Crippen LogP contribution in [0.5, 0.6) is 0 Å². The fourth-order valence-electron chi connectivity index (χ4n) is 3.98. The number of aliphatic hydroxyl groups excluding tert-OH is 4. The molecule has 4 atom stereocenters. The number of aromatic nitrogens is 4. The Kier molecular flexibility index (Phi) is 7.21. The molecular formula is C23H28N6O4. The van der Waals surface area contributed by atoms with Crippen LogP contribution >= 0.6 is 0 Å². The number of aryl methyl sites for hydroxylation is 1. The molecule has 1 aliphatic rings. The third-order valence-electron chi connectivity index (χ3n) is 5.71. The lowest BCUT2D eigenvalue weighted by atomic mass is 9.94. The van der Waals surface area contributed by atoms with E-state index in [1.54, 1.807) is 35.8 Å². The van der Waals surface area contributed by atoms with Gasteiger partial charge >= 0.3 is 0 Å². The quantitative estimate of drug-likeness (QED) is 0.335. The molecule has 1 aromatic carbocycles. The van der Waals surface area contributed by atoms with Crippen LogP contribution in [0.2, 0.25) is 0 Å². The van der Waals surface area contributed by atoms with E-state index in [0.717, 1.165) is 22.5 Å². The standard InChI is InChI=1S/C23H28N6O4/c1-14-5-15(23-24-3-2-4-25-23)7-16(6-14)26-8-17-9-28-18(10-27-17)11-29-12-20(31)22(33)21(32)19(29)13-30/h2-7,9-10,19-22,26,30-33H,8,11-13H2,1H3/t19-,20+,21-,22-/m1/s1. The molecule has 0 spiro atoms. The van der Waals surface area contributed by atoms with Gasteiger partial charge in [-0.05, 0) is 36.8 Å². The summed E-state index contributed by atoms with van der Waals surface area (Å²) in [4.78, 5) is 19.2. The van der Waals surface area contributed by atoms with Gasteiger partial charge in [0.05, 0.1) is 49.1 Å². The SMILES string of the molecule is Cc1cc(NCc2cnc(CN3C[C@H](O)[C@@H](O)[C@H](O)[C@H]3CO)cn2)cc(-c2ncccn2)c1. The predicted molar refractivity (Wildman–Crippen MR) is 121 cm³/mol. The fraction of sp³-hybridized carbons (Fsp3) is 0.391. The average Bonchev–Trinajstić information content (AvgIpc) is 2.83. The number of anilines is 1. The molecule has 0 radical (unpaired) electrons. The summed E-state index contributed by atoms with van der Waals surface area (Å²) in [6, 6.07) is 7.15. The predicted octanol–water partition coefficient (Wildman–Crippen LogP) is 0.113. The molecule has 33 heavy (non-hydrogen) atoms. The molecule has 0 unspecified atom stereocenters. The number of nitrogens with zero attached hydrogens (tertiary/aromatic N) is 5. The Morgan fingerprint density at radius 1 is 0.970 bits per heavy atom. The number of benzene rings is 1. The second kappa shape index (κ2) is 10.3. The Balaban J connectivity index is 1.39. The molecule has 3 heterocycles. The molecular weight excluding hydrogens is 424 g/mol. The highest BCUT2D eigenvalue weighted by Crippen LogP contribution is 2.23. The maximum absolute atomic E-state index is 10.1. The molecule has 10 heteroatoms. The van der Waals surface area contributed by atoms with Crippen molar-refractivity contribution in [2.24, 2.45) is 0 Å². The van der Waals surface area contributed by atoms with Gasteiger partial charge in [-0.2, -0.15) is 0 Å². The Morgan fingerprint density at radius 2 is 1.70 bits per heavy atom. The Labute approximate surface area is 191 Å². The molecule has 0 aliphatic carbocycles. The summed E-state index contributed by atoms with van der Waals surface area (Å²) in [7, 11) is 0. The number of aliphatic hydroxyl groups is 4. The van der Waals surface area contributed by atoms with E-state index in [1.807, 2.05) is 25.1 Å². The Bertz CT molecular complexity index is 1050. The first kappa shape index (κ1) is 23.1. The molecule has 0 bridgehead atoms. The second-order valence-electron chi connectivity index (χ2n) is 8.24. The fourth-order valence-corrected chi connectivity index (χ4v) is 3.98. The van der Waals surface area contributed by atoms with Gasteiger partial charge in [-0.1, -0.05) is 0 Å². The molecule has 5 N–H and O–H groups in total. The van der Waals surface area contributed by atoms with E-state index in [4.69, 9.17) is 0 Å². The number of likely N-dealkylation sites (tertiary alicyclic amines) is 1. The zero-order valence-electron chi connectivity index (χ0n) is 18.3. The van der Waals surface area contributed by atoms with Crippen molar-refractivity contribution in [1.82, 2.24) is 24.8 Å². The van der Waals surface area contributed by atoms with E-state index in [2.05, 4.69) is 25.3 Å². The summed E-state index contributed by atoms with van der Waals surface area (Å²) in [6.45, 7) is 2.55. The molecule has 1 aliphatic heterocycles. The first-order valence-electron chi connectivity index (χ1n) is 10.8. The van der Waals surface area contributed by atoms with Crippen LogP contribution in [0, 0.1) is 6.92 Å². The van der Waals surface area contributed by atoms with Crippen LogP contribution < -0.4 is 5.32 Å². The number of hydrogen-bond donors (Lipinski definition) is 5. The van der Waals surface area contributed by atoms with Crippen LogP contribution in [-0.2, 0) is 13.1 Å². The first-order valence-corrected chi connectivity index (χ1v) is 10.8. The van der Waals surface area contributed by atoms with Gasteiger partial charge in [0.2, 0.25) is 0 Å². The zero-order valence-corrected chi connectivity index (χ0v) is 18.3. The highest BCUT2D eigenvalue weighted by atomic mass is 16.4. The molecule has 4 rings (SSSR count). The molecule has 1 fully saturated rings. The summed E-state index contributed by atoms with van der Waals surface area (Å²) in [5, 5.41) is 42.9. The summed E-state index contributed by atoms with van der Waals surface area (Å²) in [5.74, 6) is 0.662. The van der Waals surface area contributed by atoms with Gasteiger partial charge in [-0.25, -0.2) is 9.97 Å². The van der Waals surface area contributed by atoms with E-state index >= 15 is 0 Å². The second-order valence-corrected chi connectivity index (χ2v) is 8.24. The third kappa shape index (κ3) is 5.49. The summed E-state index contributed by atoms with van der Waals surface area (Å²) < 4.78 is 0. The minimum Gasteiger partial charge on any atom is -0.395 e. The molecule has 0 amide bonds. The summed E-state index contributed by atoms with van der Waals surface area (Å²) in [6.07, 6.45) is 3.10. The van der Waals surface area contributed by atoms with E-state index in [0.29, 0.717) is 18.1 Å². The van der Waals surface area contributed by atoms with E-state index < -0.39 is 24.4 Å². The maximum Gasteiger partial charge on any atom is 0.159 e. The number of hydrogen-bond acceptors (Lipinski definition) is 10. The van der Waals surface area contributed by atoms with Crippen LogP contribution in [0.15, 0.2) is 49.1 Å². The highest BCUT2D eigenvalue weighted by molar-refractivity contribution is 5.64. The Hall–Kier alpha value is -3.02. The van der Waals surface area contributed by atoms with Crippen molar-refractivity contribution in [2.75, 3.05) is 18.5 Å². The number of nitrogens with one attached hydrogen (secondary N) is 1. The van der Waals surface area contributed by atoms with Crippen molar-refractivity contribution < 1.29 is 20.4 Å². The van der Waals surface area contributed by atoms with Crippen molar-refractivity contribution in [1.29, 1.82) is 0 Å². The normalized spacial score (nSPS) is 23.4. The van der Waals surface area contributed by atoms with Gasteiger partial charge in [0.1, 0.15) is 12.2 Å². The smallest absolute Gasteiger partial charge is 0.159 e. The lowest BCUT2D eigenvalue weighted by Crippen LogP contribution is -2.62. The van der Waals surface area contributed by atoms with Crippen LogP contribution in [0.3, 0.4) is 0 Å². The molecule has 0 saturated carbocycles. The van der Waals surface area contributed by atoms with Crippen LogP contribution in [0.25, 0.3) is 11.4 Å². The first-order chi connectivity index (χ1) is 15.9. The topological polar surface area (TPSA) is 148 Å². The Morgan fingerprint density at radius 3 is 2.39 bits per heavy atom. The van der Waals surface area contributed by atoms with Crippen molar-refractivity contribution in [3.8, 4) is 11.4 Å². The van der Waals surface area contributed by atoms with Crippen LogP contribution in [0.4, 0.5) is 5.69 Å². The van der Waals surface area contributed by atoms with Gasteiger partial charge in [0.15, 0.2) is 5.82 Å². The highest BCUT2D eigenvalue weighted by Gasteiger charge is 2.41. The number of piperidine rings is 1. The molecule has 2 aromatic heterocycles. The average molecular weight is 453 g/mol. The molecule has 3 aromatic rings. The summed E-state index contributed by atoms with van der Waals surface area (Å²) >= 11 is 0. The van der Waals surface area contributed by atoms with E-state index in [9.17, 15) is 20.4 Å². The van der Waals surface area contributed by atoms with Crippen LogP contribution in [0.1, 0.15) is 17.0 Å². The van der Waals surface area contributed by atoms with Gasteiger partial charge in [-0.3, -0.25) is 14.9 Å². The van der Waals surface area contributed by atoms with Crippen molar-refractivity contribution in [3.05, 3.63) is 66.0 Å². The molecule has 1 saturated heterocycles. The monoisotopic (exact) mass is 452 g/mol. The van der Waals surface area contributed by atoms with Gasteiger partial charge in [0, 0.05) is 36.7 Å². The lowest BCUT2D eigenvalue weighted by Gasteiger charge is -2.42. The van der Waals surface area contributed by atoms with Crippen LogP contribution in [-0.4, -0.2) is 82.8 Å². The van der Waals surface area contributed by atoms with Gasteiger partial charge < -0.3 is 25.7 Å². The van der Waals surface area contributed by atoms with E-state index in [1.165, 1.54) is 0 Å². The minimum atomic E-state index is -1.28. The number of β-amino-alcohol motifs (C(OH)–C–C–N with tert-alkyl or cyclic N) is 1. The van der Waals surface area contributed by atoms with Gasteiger partial charge in [0.25, 0.3) is 0 Å². The maximum atomic E-state index is 10.1. The van der Waals surface area contributed by atoms with Gasteiger partial charge in [-0.15, -0.1) is 0 Å². The molecule has 10 nitrogen and oxygen atoms in total. The minimum absolute atomic E-state index is 0.120. The lowest BCUT2D eigenvalue weighted by molar-refractivity contribution is -0.147. The number of rotatable bonds is 7. The van der Waals surface area contributed by atoms with E-state index in [-0.39, 0.29) is 19.7 Å². The van der Waals surface area contributed by atoms with Crippen molar-refractivity contribution in [3.63, 3.8) is 0 Å². The van der Waals surface area contributed by atoms with Crippen molar-refractivity contribution >= 4 is 5.69 Å². The largest absolute Gasteiger partial charge is 0.395 e. The zero-order chi connectivity index (χ0) is 23.4. The van der Waals surface area contributed by atoms with Crippen molar-refractivity contribution in [2.45, 2.75) is 44.4 Å². The molecule has 174 valence electrons. The summed E-state index contributed by atoms with van der Waals surface area (Å²) in [5.41, 5.74) is 4.30.